The molecule has 0 spiro atoms. The van der Waals surface area contributed by atoms with Crippen LogP contribution in [0.15, 0.2) is 35.9 Å². The Morgan fingerprint density at radius 3 is 2.85 bits per heavy atom. The average molecular weight is 290 g/mol. The van der Waals surface area contributed by atoms with Gasteiger partial charge in [-0.25, -0.2) is 0 Å². The number of carbonyl (C=O) groups excluding carboxylic acids is 2. The molecule has 2 rings (SSSR count). The maximum Gasteiger partial charge on any atom is 0.252 e. The van der Waals surface area contributed by atoms with E-state index in [4.69, 9.17) is 11.6 Å². The Balaban J connectivity index is 2.13. The van der Waals surface area contributed by atoms with Gasteiger partial charge in [-0.1, -0.05) is 29.3 Å². The van der Waals surface area contributed by atoms with Crippen molar-refractivity contribution in [2.75, 3.05) is 6.54 Å². The lowest BCUT2D eigenvalue weighted by Gasteiger charge is -2.07. The molecule has 104 valence electrons. The number of hydrogen-bond acceptors (Lipinski definition) is 2. The molecular weight excluding hydrogens is 274 g/mol. The van der Waals surface area contributed by atoms with Gasteiger partial charge in [-0.3, -0.25) is 9.59 Å². The van der Waals surface area contributed by atoms with Crippen LogP contribution in [0.1, 0.15) is 25.0 Å². The first kappa shape index (κ1) is 14.5. The highest BCUT2D eigenvalue weighted by molar-refractivity contribution is 6.31. The second-order valence-electron chi connectivity index (χ2n) is 4.86. The van der Waals surface area contributed by atoms with E-state index in [9.17, 15) is 9.59 Å². The molecule has 0 aromatic heterocycles. The lowest BCUT2D eigenvalue weighted by molar-refractivity contribution is -0.115. The first-order chi connectivity index (χ1) is 9.49. The van der Waals surface area contributed by atoms with Crippen LogP contribution in [0.3, 0.4) is 0 Å². The fraction of sp³-hybridized carbons (Fsp3) is 0.250. The number of hydrogen-bond donors (Lipinski definition) is 1. The predicted octanol–water partition coefficient (Wildman–Crippen LogP) is 2.93. The number of ketones is 1. The van der Waals surface area contributed by atoms with Crippen LogP contribution in [-0.2, 0) is 16.0 Å². The highest BCUT2D eigenvalue weighted by atomic mass is 35.5. The molecule has 1 N–H and O–H groups in total. The van der Waals surface area contributed by atoms with Crippen molar-refractivity contribution in [3.63, 3.8) is 0 Å². The number of rotatable bonds is 4. The van der Waals surface area contributed by atoms with Crippen molar-refractivity contribution < 1.29 is 9.59 Å². The Morgan fingerprint density at radius 2 is 2.15 bits per heavy atom. The van der Waals surface area contributed by atoms with E-state index in [1.165, 1.54) is 13.0 Å². The molecule has 0 heterocycles. The van der Waals surface area contributed by atoms with Gasteiger partial charge in [-0.15, -0.1) is 0 Å². The highest BCUT2D eigenvalue weighted by Gasteiger charge is 2.24. The third-order valence-corrected chi connectivity index (χ3v) is 3.42. The topological polar surface area (TPSA) is 46.2 Å². The van der Waals surface area contributed by atoms with Crippen molar-refractivity contribution in [3.8, 4) is 0 Å². The van der Waals surface area contributed by atoms with Crippen LogP contribution in [0.4, 0.5) is 0 Å². The number of benzene rings is 1. The molecule has 1 aromatic rings. The monoisotopic (exact) mass is 289 g/mol. The third-order valence-electron chi connectivity index (χ3n) is 3.18. The molecule has 0 bridgehead atoms. The van der Waals surface area contributed by atoms with Crippen molar-refractivity contribution in [2.24, 2.45) is 0 Å². The summed E-state index contributed by atoms with van der Waals surface area (Å²) in [6.45, 7) is 3.76. The summed E-state index contributed by atoms with van der Waals surface area (Å²) in [5.41, 5.74) is 3.76. The standard InChI is InChI=1S/C16H16ClNO2/c1-10-8-12-5-6-13(17)9-14(12)15(10)16(20)18-7-3-4-11(2)19/h3-6,9H,7-8H2,1-2H3,(H,18,20)/b4-3+. The summed E-state index contributed by atoms with van der Waals surface area (Å²) in [4.78, 5) is 23.0. The second-order valence-corrected chi connectivity index (χ2v) is 5.29. The summed E-state index contributed by atoms with van der Waals surface area (Å²) in [5.74, 6) is -0.163. The van der Waals surface area contributed by atoms with E-state index < -0.39 is 0 Å². The normalized spacial score (nSPS) is 13.8. The van der Waals surface area contributed by atoms with Crippen LogP contribution in [0.25, 0.3) is 5.57 Å². The molecule has 0 aliphatic heterocycles. The number of fused-ring (bicyclic) bond motifs is 1. The molecule has 1 amide bonds. The van der Waals surface area contributed by atoms with Gasteiger partial charge >= 0.3 is 0 Å². The number of allylic oxidation sites excluding steroid dienone is 2. The number of carbonyl (C=O) groups is 2. The van der Waals surface area contributed by atoms with Crippen LogP contribution in [0, 0.1) is 0 Å². The summed E-state index contributed by atoms with van der Waals surface area (Å²) >= 11 is 6.00. The third kappa shape index (κ3) is 3.17. The smallest absolute Gasteiger partial charge is 0.252 e. The molecule has 0 saturated heterocycles. The zero-order valence-electron chi connectivity index (χ0n) is 11.5. The summed E-state index contributed by atoms with van der Waals surface area (Å²) < 4.78 is 0. The molecule has 1 aliphatic rings. The van der Waals surface area contributed by atoms with Gasteiger partial charge in [0.1, 0.15) is 0 Å². The maximum atomic E-state index is 12.2. The van der Waals surface area contributed by atoms with Crippen LogP contribution in [0.2, 0.25) is 5.02 Å². The van der Waals surface area contributed by atoms with E-state index >= 15 is 0 Å². The summed E-state index contributed by atoms with van der Waals surface area (Å²) in [6.07, 6.45) is 3.86. The van der Waals surface area contributed by atoms with E-state index in [2.05, 4.69) is 5.32 Å². The molecule has 3 nitrogen and oxygen atoms in total. The quantitative estimate of drug-likeness (QED) is 0.866. The molecule has 1 aromatic carbocycles. The number of halogens is 1. The van der Waals surface area contributed by atoms with Gasteiger partial charge < -0.3 is 5.32 Å². The minimum absolute atomic E-state index is 0.0346. The van der Waals surface area contributed by atoms with E-state index in [0.29, 0.717) is 17.1 Å². The van der Waals surface area contributed by atoms with Crippen molar-refractivity contribution >= 4 is 28.9 Å². The zero-order valence-corrected chi connectivity index (χ0v) is 12.3. The van der Waals surface area contributed by atoms with Crippen LogP contribution in [0.5, 0.6) is 0 Å². The highest BCUT2D eigenvalue weighted by Crippen LogP contribution is 2.34. The zero-order chi connectivity index (χ0) is 14.7. The van der Waals surface area contributed by atoms with Crippen molar-refractivity contribution in [3.05, 3.63) is 52.1 Å². The van der Waals surface area contributed by atoms with Gasteiger partial charge in [0.25, 0.3) is 5.91 Å². The first-order valence-electron chi connectivity index (χ1n) is 6.43. The van der Waals surface area contributed by atoms with E-state index in [0.717, 1.165) is 23.1 Å². The summed E-state index contributed by atoms with van der Waals surface area (Å²) in [5, 5.41) is 3.42. The summed E-state index contributed by atoms with van der Waals surface area (Å²) in [6, 6.07) is 5.62. The van der Waals surface area contributed by atoms with E-state index in [1.54, 1.807) is 6.08 Å². The second kappa shape index (κ2) is 6.06. The Morgan fingerprint density at radius 1 is 1.40 bits per heavy atom. The van der Waals surface area contributed by atoms with Crippen molar-refractivity contribution in [1.82, 2.24) is 5.32 Å². The summed E-state index contributed by atoms with van der Waals surface area (Å²) in [7, 11) is 0. The SMILES string of the molecule is CC(=O)/C=C/CNC(=O)C1=C(C)Cc2ccc(Cl)cc21. The average Bonchev–Trinajstić information content (AvgIpc) is 2.69. The fourth-order valence-corrected chi connectivity index (χ4v) is 2.49. The fourth-order valence-electron chi connectivity index (χ4n) is 2.32. The molecule has 4 heteroatoms. The van der Waals surface area contributed by atoms with Crippen molar-refractivity contribution in [2.45, 2.75) is 20.3 Å². The molecule has 0 atom stereocenters. The lowest BCUT2D eigenvalue weighted by atomic mass is 10.0. The molecule has 0 unspecified atom stereocenters. The van der Waals surface area contributed by atoms with Gasteiger partial charge in [0.2, 0.25) is 0 Å². The van der Waals surface area contributed by atoms with Gasteiger partial charge in [0.05, 0.1) is 0 Å². The Bertz CT molecular complexity index is 629. The van der Waals surface area contributed by atoms with Gasteiger partial charge in [0, 0.05) is 17.1 Å². The number of nitrogens with one attached hydrogen (secondary N) is 1. The minimum atomic E-state index is -0.128. The van der Waals surface area contributed by atoms with Crippen molar-refractivity contribution in [1.29, 1.82) is 0 Å². The minimum Gasteiger partial charge on any atom is -0.349 e. The Labute approximate surface area is 123 Å². The lowest BCUT2D eigenvalue weighted by Crippen LogP contribution is -2.24. The van der Waals surface area contributed by atoms with Crippen LogP contribution >= 0.6 is 11.6 Å². The molecule has 20 heavy (non-hydrogen) atoms. The Kier molecular flexibility index (Phi) is 4.40. The van der Waals surface area contributed by atoms with E-state index in [-0.39, 0.29) is 11.7 Å². The first-order valence-corrected chi connectivity index (χ1v) is 6.80. The molecule has 1 aliphatic carbocycles. The Hall–Kier alpha value is -1.87. The van der Waals surface area contributed by atoms with E-state index in [1.807, 2.05) is 25.1 Å². The molecular formula is C16H16ClNO2. The predicted molar refractivity (Wildman–Crippen MR) is 80.6 cm³/mol. The maximum absolute atomic E-state index is 12.2. The van der Waals surface area contributed by atoms with Gasteiger partial charge in [0.15, 0.2) is 5.78 Å². The molecule has 0 fully saturated rings. The van der Waals surface area contributed by atoms with Gasteiger partial charge in [-0.05, 0) is 49.6 Å². The van der Waals surface area contributed by atoms with Crippen LogP contribution < -0.4 is 5.32 Å². The number of amides is 1. The molecule has 0 saturated carbocycles. The van der Waals surface area contributed by atoms with Crippen LogP contribution in [-0.4, -0.2) is 18.2 Å². The van der Waals surface area contributed by atoms with Gasteiger partial charge in [-0.2, -0.15) is 0 Å². The molecule has 0 radical (unpaired) electrons. The largest absolute Gasteiger partial charge is 0.349 e.